The predicted octanol–water partition coefficient (Wildman–Crippen LogP) is 3.52. The number of hydrogen-bond donors (Lipinski definition) is 0. The average Bonchev–Trinajstić information content (AvgIpc) is 2.89. The summed E-state index contributed by atoms with van der Waals surface area (Å²) in [5.41, 5.74) is 0. The Labute approximate surface area is 162 Å². The first-order valence-corrected chi connectivity index (χ1v) is 13.7. The van der Waals surface area contributed by atoms with Crippen LogP contribution in [0.3, 0.4) is 0 Å². The smallest absolute Gasteiger partial charge is 0.111 e. The van der Waals surface area contributed by atoms with Crippen molar-refractivity contribution in [2.24, 2.45) is 0 Å². The van der Waals surface area contributed by atoms with E-state index in [0.29, 0.717) is 23.1 Å². The SMILES string of the molecule is [CH2-][P+]1(c2ccccc2[P+]2([CH2-])[C@H](C)N(C)N(C)[C@H]2C)[C@H](C)N(C)N(C)[C@H]1C. The fraction of sp³-hybridized carbons (Fsp3) is 0.600. The van der Waals surface area contributed by atoms with Crippen LogP contribution in [0, 0.1) is 13.3 Å². The van der Waals surface area contributed by atoms with Gasteiger partial charge < -0.3 is 0 Å². The van der Waals surface area contributed by atoms with Crippen molar-refractivity contribution < 1.29 is 0 Å². The number of rotatable bonds is 2. The van der Waals surface area contributed by atoms with Gasteiger partial charge in [-0.25, -0.2) is 20.0 Å². The lowest BCUT2D eigenvalue weighted by atomic mass is 10.4. The monoisotopic (exact) mass is 394 g/mol. The van der Waals surface area contributed by atoms with Gasteiger partial charge in [-0.15, -0.1) is 0 Å². The Balaban J connectivity index is 2.20. The molecule has 6 heteroatoms. The first-order chi connectivity index (χ1) is 12.0. The van der Waals surface area contributed by atoms with E-state index in [1.54, 1.807) is 0 Å². The molecule has 2 saturated heterocycles. The quantitative estimate of drug-likeness (QED) is 0.562. The minimum Gasteiger partial charge on any atom is -0.207 e. The van der Waals surface area contributed by atoms with E-state index in [4.69, 9.17) is 13.3 Å². The summed E-state index contributed by atoms with van der Waals surface area (Å²) in [6, 6.07) is 9.13. The lowest BCUT2D eigenvalue weighted by Crippen LogP contribution is -2.38. The second kappa shape index (κ2) is 6.76. The van der Waals surface area contributed by atoms with E-state index in [0.717, 1.165) is 0 Å². The van der Waals surface area contributed by atoms with Crippen LogP contribution in [-0.2, 0) is 0 Å². The standard InChI is InChI=1S/C20H36N4P2/c1-15-21(5)22(6)16(2)25(15,9)19-13-11-12-14-20(19)26(10)17(3)23(7)24(8)18(26)4/h11-18H,9-10H2,1-8H3/t15-,16-,17-,18-/m1/s1. The minimum absolute atomic E-state index is 0.443. The van der Waals surface area contributed by atoms with Gasteiger partial charge in [-0.3, -0.25) is 0 Å². The molecule has 0 unspecified atom stereocenters. The molecule has 2 aliphatic heterocycles. The molecule has 2 heterocycles. The summed E-state index contributed by atoms with van der Waals surface area (Å²) >= 11 is 0. The predicted molar refractivity (Wildman–Crippen MR) is 119 cm³/mol. The zero-order valence-electron chi connectivity index (χ0n) is 17.7. The zero-order valence-corrected chi connectivity index (χ0v) is 19.5. The Morgan fingerprint density at radius 2 is 0.846 bits per heavy atom. The molecular weight excluding hydrogens is 358 g/mol. The number of benzene rings is 1. The Morgan fingerprint density at radius 1 is 0.615 bits per heavy atom. The summed E-state index contributed by atoms with van der Waals surface area (Å²) in [6.45, 7) is 19.3. The van der Waals surface area contributed by atoms with Crippen molar-refractivity contribution in [2.75, 3.05) is 28.2 Å². The molecule has 0 spiro atoms. The van der Waals surface area contributed by atoms with Gasteiger partial charge in [0.25, 0.3) is 0 Å². The van der Waals surface area contributed by atoms with Crippen LogP contribution in [0.25, 0.3) is 0 Å². The lowest BCUT2D eigenvalue weighted by Gasteiger charge is -2.40. The summed E-state index contributed by atoms with van der Waals surface area (Å²) in [6.07, 6.45) is 0. The summed E-state index contributed by atoms with van der Waals surface area (Å²) in [5.74, 6) is 1.77. The van der Waals surface area contributed by atoms with Crippen LogP contribution in [0.4, 0.5) is 0 Å². The van der Waals surface area contributed by atoms with Gasteiger partial charge in [0.05, 0.1) is 0 Å². The van der Waals surface area contributed by atoms with Gasteiger partial charge in [-0.2, -0.15) is 13.3 Å². The summed E-state index contributed by atoms with van der Waals surface area (Å²) < 4.78 is 0. The highest BCUT2D eigenvalue weighted by Gasteiger charge is 2.58. The summed E-state index contributed by atoms with van der Waals surface area (Å²) in [4.78, 5) is 0. The highest BCUT2D eigenvalue weighted by Crippen LogP contribution is 2.74. The van der Waals surface area contributed by atoms with E-state index >= 15 is 0 Å². The van der Waals surface area contributed by atoms with Crippen molar-refractivity contribution in [3.8, 4) is 0 Å². The highest BCUT2D eigenvalue weighted by atomic mass is 31.2. The highest BCUT2D eigenvalue weighted by molar-refractivity contribution is 7.90. The van der Waals surface area contributed by atoms with Crippen molar-refractivity contribution in [1.82, 2.24) is 20.0 Å². The van der Waals surface area contributed by atoms with Crippen LogP contribution < -0.4 is 10.6 Å². The van der Waals surface area contributed by atoms with Gasteiger partial charge in [0.15, 0.2) is 0 Å². The van der Waals surface area contributed by atoms with E-state index in [-0.39, 0.29) is 0 Å². The normalized spacial score (nSPS) is 36.1. The maximum Gasteiger partial charge on any atom is 0.111 e. The molecule has 0 N–H and O–H groups in total. The Kier molecular flexibility index (Phi) is 5.37. The van der Waals surface area contributed by atoms with Crippen LogP contribution in [0.5, 0.6) is 0 Å². The van der Waals surface area contributed by atoms with Crippen molar-refractivity contribution in [3.05, 3.63) is 37.6 Å². The van der Waals surface area contributed by atoms with Crippen molar-refractivity contribution >= 4 is 25.1 Å². The van der Waals surface area contributed by atoms with Gasteiger partial charge in [0.1, 0.15) is 33.7 Å². The fourth-order valence-corrected chi connectivity index (χ4v) is 13.6. The molecule has 0 amide bonds. The number of hydrazine groups is 2. The molecule has 1 aromatic carbocycles. The molecule has 0 aliphatic carbocycles. The van der Waals surface area contributed by atoms with Crippen LogP contribution in [0.2, 0.25) is 0 Å². The first kappa shape index (κ1) is 20.6. The third-order valence-electron chi connectivity index (χ3n) is 7.60. The van der Waals surface area contributed by atoms with Crippen molar-refractivity contribution in [3.63, 3.8) is 0 Å². The van der Waals surface area contributed by atoms with Crippen molar-refractivity contribution in [1.29, 1.82) is 0 Å². The third kappa shape index (κ3) is 2.50. The number of nitrogens with zero attached hydrogens (tertiary/aromatic N) is 4. The molecule has 2 fully saturated rings. The van der Waals surface area contributed by atoms with Gasteiger partial charge in [-0.1, -0.05) is 12.1 Å². The van der Waals surface area contributed by atoms with E-state index in [1.807, 2.05) is 0 Å². The summed E-state index contributed by atoms with van der Waals surface area (Å²) in [7, 11) is 5.53. The first-order valence-electron chi connectivity index (χ1n) is 9.47. The fourth-order valence-electron chi connectivity index (χ4n) is 4.84. The molecule has 26 heavy (non-hydrogen) atoms. The molecule has 4 nitrogen and oxygen atoms in total. The van der Waals surface area contributed by atoms with Gasteiger partial charge in [0, 0.05) is 28.2 Å². The van der Waals surface area contributed by atoms with Crippen LogP contribution in [0.1, 0.15) is 27.7 Å². The molecule has 0 radical (unpaired) electrons. The van der Waals surface area contributed by atoms with Gasteiger partial charge >= 0.3 is 0 Å². The van der Waals surface area contributed by atoms with E-state index in [1.165, 1.54) is 10.6 Å². The molecule has 4 atom stereocenters. The average molecular weight is 394 g/mol. The Hall–Kier alpha value is -0.0800. The summed E-state index contributed by atoms with van der Waals surface area (Å²) in [5, 5.41) is 12.5. The van der Waals surface area contributed by atoms with Crippen LogP contribution >= 0.6 is 14.5 Å². The Morgan fingerprint density at radius 3 is 1.08 bits per heavy atom. The van der Waals surface area contributed by atoms with E-state index < -0.39 is 14.5 Å². The zero-order chi connectivity index (χ0) is 19.6. The number of hydrogen-bond acceptors (Lipinski definition) is 4. The second-order valence-corrected chi connectivity index (χ2v) is 15.8. The van der Waals surface area contributed by atoms with E-state index in [2.05, 4.69) is 100 Å². The molecule has 0 saturated carbocycles. The molecule has 0 aromatic heterocycles. The largest absolute Gasteiger partial charge is 0.207 e. The van der Waals surface area contributed by atoms with Crippen LogP contribution in [0.15, 0.2) is 24.3 Å². The Bertz CT molecular complexity index is 597. The second-order valence-electron chi connectivity index (χ2n) is 8.17. The molecule has 1 aromatic rings. The topological polar surface area (TPSA) is 13.0 Å². The maximum absolute atomic E-state index is 4.94. The van der Waals surface area contributed by atoms with Gasteiger partial charge in [-0.05, 0) is 54.4 Å². The van der Waals surface area contributed by atoms with E-state index in [9.17, 15) is 0 Å². The molecule has 2 aliphatic rings. The van der Waals surface area contributed by atoms with Crippen LogP contribution in [-0.4, -0.2) is 71.4 Å². The van der Waals surface area contributed by atoms with Gasteiger partial charge in [0.2, 0.25) is 0 Å². The molecule has 3 rings (SSSR count). The maximum atomic E-state index is 4.94. The molecule has 146 valence electrons. The lowest BCUT2D eigenvalue weighted by molar-refractivity contribution is 0.0357. The van der Waals surface area contributed by atoms with Crippen molar-refractivity contribution in [2.45, 2.75) is 50.8 Å². The molecular formula is C20H36N4P2. The third-order valence-corrected chi connectivity index (χ3v) is 17.0. The molecule has 0 bridgehead atoms. The minimum atomic E-state index is -1.64.